The molecule has 3 rings (SSSR count). The fourth-order valence-electron chi connectivity index (χ4n) is 2.41. The van der Waals surface area contributed by atoms with E-state index in [0.29, 0.717) is 5.89 Å². The maximum absolute atomic E-state index is 5.05. The van der Waals surface area contributed by atoms with Crippen molar-refractivity contribution in [3.63, 3.8) is 0 Å². The molecular formula is C13H15BrN4O. The van der Waals surface area contributed by atoms with Gasteiger partial charge >= 0.3 is 0 Å². The number of fused-ring (bicyclic) bond motifs is 1. The largest absolute Gasteiger partial charge is 0.340 e. The third-order valence-corrected chi connectivity index (χ3v) is 4.30. The highest BCUT2D eigenvalue weighted by atomic mass is 79.9. The van der Waals surface area contributed by atoms with Gasteiger partial charge in [-0.05, 0) is 25.0 Å². The van der Waals surface area contributed by atoms with E-state index < -0.39 is 0 Å². The lowest BCUT2D eigenvalue weighted by Crippen LogP contribution is -2.34. The van der Waals surface area contributed by atoms with Gasteiger partial charge in [-0.1, -0.05) is 21.1 Å². The Balaban J connectivity index is 1.82. The van der Waals surface area contributed by atoms with Crippen LogP contribution in [-0.2, 0) is 13.0 Å². The molecule has 19 heavy (non-hydrogen) atoms. The Morgan fingerprint density at radius 3 is 3.05 bits per heavy atom. The third kappa shape index (κ3) is 2.42. The molecular weight excluding hydrogens is 308 g/mol. The van der Waals surface area contributed by atoms with Crippen molar-refractivity contribution in [3.05, 3.63) is 39.7 Å². The van der Waals surface area contributed by atoms with Gasteiger partial charge in [-0.3, -0.25) is 9.88 Å². The van der Waals surface area contributed by atoms with Gasteiger partial charge in [0.2, 0.25) is 5.89 Å². The number of rotatable bonds is 2. The van der Waals surface area contributed by atoms with Gasteiger partial charge in [-0.2, -0.15) is 4.98 Å². The molecule has 5 nitrogen and oxygen atoms in total. The summed E-state index contributed by atoms with van der Waals surface area (Å²) in [5.74, 6) is 1.36. The number of hydrogen-bond acceptors (Lipinski definition) is 5. The average molecular weight is 323 g/mol. The van der Waals surface area contributed by atoms with Crippen LogP contribution in [0.15, 0.2) is 21.3 Å². The SMILES string of the molecule is Cc1nc(C(C)N2CCc3c(Br)ccnc3C2)no1. The zero-order valence-corrected chi connectivity index (χ0v) is 12.5. The van der Waals surface area contributed by atoms with Gasteiger partial charge in [0.25, 0.3) is 0 Å². The Bertz CT molecular complexity index is 598. The zero-order valence-electron chi connectivity index (χ0n) is 10.9. The summed E-state index contributed by atoms with van der Waals surface area (Å²) in [5, 5.41) is 4.01. The van der Waals surface area contributed by atoms with Crippen molar-refractivity contribution in [2.45, 2.75) is 32.9 Å². The summed E-state index contributed by atoms with van der Waals surface area (Å²) in [6.07, 6.45) is 2.83. The van der Waals surface area contributed by atoms with E-state index >= 15 is 0 Å². The van der Waals surface area contributed by atoms with E-state index in [1.165, 1.54) is 5.56 Å². The third-order valence-electron chi connectivity index (χ3n) is 3.55. The van der Waals surface area contributed by atoms with Gasteiger partial charge in [0.1, 0.15) is 0 Å². The number of halogens is 1. The van der Waals surface area contributed by atoms with Gasteiger partial charge in [0.15, 0.2) is 5.82 Å². The second kappa shape index (κ2) is 5.02. The predicted octanol–water partition coefficient (Wildman–Crippen LogP) is 2.65. The highest BCUT2D eigenvalue weighted by Gasteiger charge is 2.26. The number of nitrogens with zero attached hydrogens (tertiary/aromatic N) is 4. The van der Waals surface area contributed by atoms with Crippen molar-refractivity contribution in [2.75, 3.05) is 6.54 Å². The van der Waals surface area contributed by atoms with Gasteiger partial charge in [0.05, 0.1) is 11.7 Å². The van der Waals surface area contributed by atoms with Crippen LogP contribution in [0.4, 0.5) is 0 Å². The number of aryl methyl sites for hydroxylation is 1. The number of hydrogen-bond donors (Lipinski definition) is 0. The van der Waals surface area contributed by atoms with Crippen LogP contribution in [-0.4, -0.2) is 26.6 Å². The summed E-state index contributed by atoms with van der Waals surface area (Å²) in [4.78, 5) is 11.1. The maximum Gasteiger partial charge on any atom is 0.223 e. The lowest BCUT2D eigenvalue weighted by molar-refractivity contribution is 0.178. The predicted molar refractivity (Wildman–Crippen MR) is 73.5 cm³/mol. The first kappa shape index (κ1) is 12.7. The second-order valence-electron chi connectivity index (χ2n) is 4.79. The summed E-state index contributed by atoms with van der Waals surface area (Å²) >= 11 is 3.59. The van der Waals surface area contributed by atoms with E-state index in [1.807, 2.05) is 19.2 Å². The van der Waals surface area contributed by atoms with Crippen LogP contribution < -0.4 is 0 Å². The monoisotopic (exact) mass is 322 g/mol. The van der Waals surface area contributed by atoms with E-state index in [-0.39, 0.29) is 6.04 Å². The molecule has 0 aliphatic carbocycles. The van der Waals surface area contributed by atoms with Crippen LogP contribution in [0.25, 0.3) is 0 Å². The van der Waals surface area contributed by atoms with Gasteiger partial charge in [-0.15, -0.1) is 0 Å². The molecule has 6 heteroatoms. The van der Waals surface area contributed by atoms with Crippen molar-refractivity contribution in [2.24, 2.45) is 0 Å². The molecule has 1 aliphatic heterocycles. The van der Waals surface area contributed by atoms with Crippen LogP contribution >= 0.6 is 15.9 Å². The first-order chi connectivity index (χ1) is 9.15. The topological polar surface area (TPSA) is 55.1 Å². The van der Waals surface area contributed by atoms with Crippen molar-refractivity contribution in [1.29, 1.82) is 0 Å². The summed E-state index contributed by atoms with van der Waals surface area (Å²) in [6, 6.07) is 2.15. The molecule has 0 bridgehead atoms. The molecule has 0 aromatic carbocycles. The van der Waals surface area contributed by atoms with Crippen LogP contribution in [0.2, 0.25) is 0 Å². The van der Waals surface area contributed by atoms with Crippen molar-refractivity contribution < 1.29 is 4.52 Å². The van der Waals surface area contributed by atoms with Crippen molar-refractivity contribution >= 4 is 15.9 Å². The van der Waals surface area contributed by atoms with E-state index in [4.69, 9.17) is 4.52 Å². The number of aromatic nitrogens is 3. The molecule has 2 aromatic heterocycles. The molecule has 0 saturated heterocycles. The van der Waals surface area contributed by atoms with Crippen LogP contribution in [0.1, 0.15) is 35.9 Å². The van der Waals surface area contributed by atoms with Crippen molar-refractivity contribution in [1.82, 2.24) is 20.0 Å². The lowest BCUT2D eigenvalue weighted by Gasteiger charge is -2.31. The molecule has 0 N–H and O–H groups in total. The molecule has 3 heterocycles. The van der Waals surface area contributed by atoms with Crippen LogP contribution in [0.5, 0.6) is 0 Å². The molecule has 100 valence electrons. The second-order valence-corrected chi connectivity index (χ2v) is 5.64. The molecule has 1 atom stereocenters. The normalized spacial score (nSPS) is 17.2. The molecule has 0 amide bonds. The maximum atomic E-state index is 5.05. The van der Waals surface area contributed by atoms with Crippen LogP contribution in [0, 0.1) is 6.92 Å². The van der Waals surface area contributed by atoms with Gasteiger partial charge in [0, 0.05) is 30.7 Å². The summed E-state index contributed by atoms with van der Waals surface area (Å²) in [5.41, 5.74) is 2.45. The molecule has 1 unspecified atom stereocenters. The summed E-state index contributed by atoms with van der Waals surface area (Å²) < 4.78 is 6.21. The molecule has 0 spiro atoms. The van der Waals surface area contributed by atoms with Gasteiger partial charge < -0.3 is 4.52 Å². The smallest absolute Gasteiger partial charge is 0.223 e. The number of pyridine rings is 1. The minimum Gasteiger partial charge on any atom is -0.340 e. The Kier molecular flexibility index (Phi) is 3.36. The highest BCUT2D eigenvalue weighted by molar-refractivity contribution is 9.10. The molecule has 1 aliphatic rings. The first-order valence-corrected chi connectivity index (χ1v) is 7.11. The molecule has 0 saturated carbocycles. The van der Waals surface area contributed by atoms with E-state index in [9.17, 15) is 0 Å². The fourth-order valence-corrected chi connectivity index (χ4v) is 2.96. The first-order valence-electron chi connectivity index (χ1n) is 6.31. The highest BCUT2D eigenvalue weighted by Crippen LogP contribution is 2.28. The average Bonchev–Trinajstić information content (AvgIpc) is 2.84. The molecule has 0 fully saturated rings. The minimum absolute atomic E-state index is 0.145. The fraction of sp³-hybridized carbons (Fsp3) is 0.462. The zero-order chi connectivity index (χ0) is 13.4. The Morgan fingerprint density at radius 2 is 2.32 bits per heavy atom. The molecule has 0 radical (unpaired) electrons. The van der Waals surface area contributed by atoms with E-state index in [2.05, 4.69) is 42.9 Å². The van der Waals surface area contributed by atoms with Gasteiger partial charge in [-0.25, -0.2) is 0 Å². The van der Waals surface area contributed by atoms with Crippen molar-refractivity contribution in [3.8, 4) is 0 Å². The van der Waals surface area contributed by atoms with E-state index in [0.717, 1.165) is 35.5 Å². The standard InChI is InChI=1S/C13H15BrN4O/c1-8(13-16-9(2)19-17-13)18-6-4-10-11(14)3-5-15-12(10)7-18/h3,5,8H,4,6-7H2,1-2H3. The lowest BCUT2D eigenvalue weighted by atomic mass is 10.0. The Labute approximate surface area is 120 Å². The Hall–Kier alpha value is -1.27. The molecule has 2 aromatic rings. The van der Waals surface area contributed by atoms with E-state index in [1.54, 1.807) is 0 Å². The quantitative estimate of drug-likeness (QED) is 0.850. The summed E-state index contributed by atoms with van der Waals surface area (Å²) in [7, 11) is 0. The van der Waals surface area contributed by atoms with Crippen LogP contribution in [0.3, 0.4) is 0 Å². The minimum atomic E-state index is 0.145. The Morgan fingerprint density at radius 1 is 1.47 bits per heavy atom. The summed E-state index contributed by atoms with van der Waals surface area (Å²) in [6.45, 7) is 5.72.